The van der Waals surface area contributed by atoms with Crippen molar-refractivity contribution in [1.29, 1.82) is 0 Å². The largest absolute Gasteiger partial charge is 0.480 e. The lowest BCUT2D eigenvalue weighted by Gasteiger charge is -2.11. The summed E-state index contributed by atoms with van der Waals surface area (Å²) in [5.74, 6) is -1.29. The molecule has 1 unspecified atom stereocenters. The second kappa shape index (κ2) is 6.03. The second-order valence-electron chi connectivity index (χ2n) is 2.83. The summed E-state index contributed by atoms with van der Waals surface area (Å²) in [6.07, 6.45) is 1.60. The molecule has 16 heavy (non-hydrogen) atoms. The molecule has 88 valence electrons. The van der Waals surface area contributed by atoms with Crippen molar-refractivity contribution in [2.75, 3.05) is 6.61 Å². The number of carbonyl (C=O) groups excluding carboxylic acids is 1. The van der Waals surface area contributed by atoms with E-state index in [4.69, 9.17) is 10.2 Å². The van der Waals surface area contributed by atoms with Crippen LogP contribution in [0.1, 0.15) is 5.01 Å². The van der Waals surface area contributed by atoms with E-state index < -0.39 is 24.6 Å². The molecule has 0 saturated heterocycles. The summed E-state index contributed by atoms with van der Waals surface area (Å²) in [4.78, 5) is 25.6. The highest BCUT2D eigenvalue weighted by molar-refractivity contribution is 7.09. The number of carbonyl (C=O) groups is 2. The zero-order chi connectivity index (χ0) is 12.0. The van der Waals surface area contributed by atoms with Crippen LogP contribution in [0.25, 0.3) is 0 Å². The summed E-state index contributed by atoms with van der Waals surface area (Å²) >= 11 is 1.38. The number of aliphatic carboxylic acids is 1. The smallest absolute Gasteiger partial charge is 0.328 e. The van der Waals surface area contributed by atoms with Gasteiger partial charge in [0.15, 0.2) is 6.04 Å². The average Bonchev–Trinajstić information content (AvgIpc) is 2.75. The van der Waals surface area contributed by atoms with E-state index in [1.54, 1.807) is 11.6 Å². The predicted octanol–water partition coefficient (Wildman–Crippen LogP) is -0.612. The lowest BCUT2D eigenvalue weighted by atomic mass is 10.3. The van der Waals surface area contributed by atoms with E-state index >= 15 is 0 Å². The Balaban J connectivity index is 2.33. The van der Waals surface area contributed by atoms with Gasteiger partial charge in [-0.2, -0.15) is 0 Å². The highest BCUT2D eigenvalue weighted by Crippen LogP contribution is 2.02. The molecule has 0 spiro atoms. The van der Waals surface area contributed by atoms with Crippen LogP contribution in [-0.4, -0.2) is 39.8 Å². The van der Waals surface area contributed by atoms with Gasteiger partial charge < -0.3 is 20.8 Å². The summed E-state index contributed by atoms with van der Waals surface area (Å²) in [7, 11) is 0. The van der Waals surface area contributed by atoms with Crippen LogP contribution in [0.5, 0.6) is 0 Å². The molecule has 0 aliphatic carbocycles. The molecule has 0 radical (unpaired) electrons. The van der Waals surface area contributed by atoms with Crippen molar-refractivity contribution in [1.82, 2.24) is 15.6 Å². The Morgan fingerprint density at radius 1 is 1.56 bits per heavy atom. The molecule has 4 N–H and O–H groups in total. The molecule has 1 atom stereocenters. The van der Waals surface area contributed by atoms with Crippen molar-refractivity contribution in [2.24, 2.45) is 0 Å². The number of carboxylic acids is 1. The summed E-state index contributed by atoms with van der Waals surface area (Å²) < 4.78 is 0. The Labute approximate surface area is 95.1 Å². The van der Waals surface area contributed by atoms with E-state index in [1.807, 2.05) is 0 Å². The van der Waals surface area contributed by atoms with Crippen molar-refractivity contribution in [2.45, 2.75) is 12.6 Å². The Morgan fingerprint density at radius 2 is 2.31 bits per heavy atom. The summed E-state index contributed by atoms with van der Waals surface area (Å²) in [5, 5.41) is 24.2. The first-order chi connectivity index (χ1) is 7.63. The summed E-state index contributed by atoms with van der Waals surface area (Å²) in [6, 6.07) is -1.95. The predicted molar refractivity (Wildman–Crippen MR) is 56.0 cm³/mol. The van der Waals surface area contributed by atoms with Gasteiger partial charge in [0.25, 0.3) is 0 Å². The monoisotopic (exact) mass is 245 g/mol. The third-order valence-corrected chi connectivity index (χ3v) is 2.45. The quantitative estimate of drug-likeness (QED) is 0.553. The maximum absolute atomic E-state index is 11.2. The molecule has 0 saturated carbocycles. The minimum absolute atomic E-state index is 0.223. The lowest BCUT2D eigenvalue weighted by Crippen LogP contribution is -2.47. The third kappa shape index (κ3) is 3.83. The molecule has 7 nitrogen and oxygen atoms in total. The van der Waals surface area contributed by atoms with Gasteiger partial charge in [-0.25, -0.2) is 14.6 Å². The number of hydrogen-bond acceptors (Lipinski definition) is 5. The fourth-order valence-electron chi connectivity index (χ4n) is 0.891. The SMILES string of the molecule is O=C(NCc1nccs1)NC(CO)C(=O)O. The zero-order valence-corrected chi connectivity index (χ0v) is 9.03. The van der Waals surface area contributed by atoms with Crippen LogP contribution in [0, 0.1) is 0 Å². The highest BCUT2D eigenvalue weighted by atomic mass is 32.1. The van der Waals surface area contributed by atoms with E-state index in [-0.39, 0.29) is 6.54 Å². The Bertz CT molecular complexity index is 354. The van der Waals surface area contributed by atoms with E-state index in [1.165, 1.54) is 11.3 Å². The van der Waals surface area contributed by atoms with Crippen LogP contribution in [0.4, 0.5) is 4.79 Å². The molecular weight excluding hydrogens is 234 g/mol. The highest BCUT2D eigenvalue weighted by Gasteiger charge is 2.18. The van der Waals surface area contributed by atoms with Crippen molar-refractivity contribution >= 4 is 23.3 Å². The first kappa shape index (κ1) is 12.4. The molecule has 1 rings (SSSR count). The Hall–Kier alpha value is -1.67. The van der Waals surface area contributed by atoms with Gasteiger partial charge in [-0.3, -0.25) is 0 Å². The molecular formula is C8H11N3O4S. The number of aromatic nitrogens is 1. The standard InChI is InChI=1S/C8H11N3O4S/c12-4-5(7(13)14)11-8(15)10-3-6-9-1-2-16-6/h1-2,5,12H,3-4H2,(H,13,14)(H2,10,11,15). The van der Waals surface area contributed by atoms with Crippen molar-refractivity contribution < 1.29 is 19.8 Å². The van der Waals surface area contributed by atoms with Crippen molar-refractivity contribution in [3.63, 3.8) is 0 Å². The number of nitrogens with zero attached hydrogens (tertiary/aromatic N) is 1. The van der Waals surface area contributed by atoms with Crippen LogP contribution < -0.4 is 10.6 Å². The van der Waals surface area contributed by atoms with Gasteiger partial charge in [-0.05, 0) is 0 Å². The van der Waals surface area contributed by atoms with Crippen LogP contribution in [0.15, 0.2) is 11.6 Å². The fourth-order valence-corrected chi connectivity index (χ4v) is 1.45. The minimum Gasteiger partial charge on any atom is -0.480 e. The number of nitrogens with one attached hydrogen (secondary N) is 2. The first-order valence-corrected chi connectivity index (χ1v) is 5.28. The van der Waals surface area contributed by atoms with E-state index in [0.29, 0.717) is 5.01 Å². The van der Waals surface area contributed by atoms with E-state index in [9.17, 15) is 9.59 Å². The van der Waals surface area contributed by atoms with Crippen LogP contribution in [0.2, 0.25) is 0 Å². The fraction of sp³-hybridized carbons (Fsp3) is 0.375. The van der Waals surface area contributed by atoms with Gasteiger partial charge in [-0.15, -0.1) is 11.3 Å². The number of aliphatic hydroxyl groups is 1. The molecule has 8 heteroatoms. The molecule has 0 fully saturated rings. The van der Waals surface area contributed by atoms with Crippen LogP contribution in [-0.2, 0) is 11.3 Å². The van der Waals surface area contributed by atoms with Gasteiger partial charge in [0.05, 0.1) is 13.2 Å². The number of urea groups is 1. The molecule has 0 aliphatic rings. The zero-order valence-electron chi connectivity index (χ0n) is 8.21. The molecule has 1 heterocycles. The Morgan fingerprint density at radius 3 is 2.81 bits per heavy atom. The van der Waals surface area contributed by atoms with Gasteiger partial charge in [0.2, 0.25) is 0 Å². The van der Waals surface area contributed by atoms with Gasteiger partial charge in [0, 0.05) is 11.6 Å². The topological polar surface area (TPSA) is 112 Å². The number of thiazole rings is 1. The number of amides is 2. The van der Waals surface area contributed by atoms with Crippen LogP contribution in [0.3, 0.4) is 0 Å². The van der Waals surface area contributed by atoms with Gasteiger partial charge in [0.1, 0.15) is 5.01 Å². The van der Waals surface area contributed by atoms with Crippen molar-refractivity contribution in [3.8, 4) is 0 Å². The molecule has 0 aliphatic heterocycles. The molecule has 0 aromatic carbocycles. The van der Waals surface area contributed by atoms with Gasteiger partial charge in [-0.1, -0.05) is 0 Å². The number of carboxylic acid groups (broad SMARTS) is 1. The first-order valence-electron chi connectivity index (χ1n) is 4.40. The van der Waals surface area contributed by atoms with Crippen LogP contribution >= 0.6 is 11.3 Å². The van der Waals surface area contributed by atoms with Gasteiger partial charge >= 0.3 is 12.0 Å². The molecule has 1 aromatic heterocycles. The maximum Gasteiger partial charge on any atom is 0.328 e. The normalized spacial score (nSPS) is 11.8. The van der Waals surface area contributed by atoms with E-state index in [0.717, 1.165) is 0 Å². The average molecular weight is 245 g/mol. The van der Waals surface area contributed by atoms with Crippen molar-refractivity contribution in [3.05, 3.63) is 16.6 Å². The molecule has 2 amide bonds. The number of hydrogen-bond donors (Lipinski definition) is 4. The minimum atomic E-state index is -1.30. The number of rotatable bonds is 5. The maximum atomic E-state index is 11.2. The van der Waals surface area contributed by atoms with E-state index in [2.05, 4.69) is 15.6 Å². The number of aliphatic hydroxyl groups excluding tert-OH is 1. The third-order valence-electron chi connectivity index (χ3n) is 1.67. The summed E-state index contributed by atoms with van der Waals surface area (Å²) in [6.45, 7) is -0.429. The lowest BCUT2D eigenvalue weighted by molar-refractivity contribution is -0.140. The Kier molecular flexibility index (Phi) is 4.67. The molecule has 0 bridgehead atoms. The second-order valence-corrected chi connectivity index (χ2v) is 3.81. The summed E-state index contributed by atoms with van der Waals surface area (Å²) in [5.41, 5.74) is 0. The molecule has 1 aromatic rings.